The molecule has 0 aliphatic carbocycles. The summed E-state index contributed by atoms with van der Waals surface area (Å²) in [7, 11) is 1.57. The Balaban J connectivity index is 2.02. The number of hydrogen-bond acceptors (Lipinski definition) is 6. The number of pyridine rings is 1. The highest BCUT2D eigenvalue weighted by molar-refractivity contribution is 5.59. The second-order valence-electron chi connectivity index (χ2n) is 5.94. The number of ether oxygens (including phenoxy) is 2. The third-order valence-electron chi connectivity index (χ3n) is 3.43. The van der Waals surface area contributed by atoms with Crippen molar-refractivity contribution in [2.75, 3.05) is 13.7 Å². The summed E-state index contributed by atoms with van der Waals surface area (Å²) < 4.78 is 12.4. The minimum atomic E-state index is 0.192. The molecule has 2 heterocycles. The van der Waals surface area contributed by atoms with E-state index in [0.717, 1.165) is 11.3 Å². The van der Waals surface area contributed by atoms with Crippen LogP contribution in [-0.2, 0) is 0 Å². The summed E-state index contributed by atoms with van der Waals surface area (Å²) in [5.74, 6) is 1.68. The Bertz CT molecular complexity index is 827. The first-order chi connectivity index (χ1) is 12.1. The molecule has 0 bridgehead atoms. The zero-order valence-corrected chi connectivity index (χ0v) is 14.4. The van der Waals surface area contributed by atoms with Crippen LogP contribution in [0.5, 0.6) is 17.6 Å². The fourth-order valence-electron chi connectivity index (χ4n) is 2.19. The molecule has 3 rings (SSSR count). The summed E-state index contributed by atoms with van der Waals surface area (Å²) in [5.41, 5.74) is 1.54. The van der Waals surface area contributed by atoms with Crippen molar-refractivity contribution in [3.63, 3.8) is 0 Å². The molecular weight excluding hydrogens is 320 g/mol. The van der Waals surface area contributed by atoms with E-state index in [4.69, 9.17) is 9.47 Å². The Morgan fingerprint density at radius 2 is 1.88 bits per heavy atom. The molecular formula is C18H20N4O3. The normalized spacial score (nSPS) is 10.9. The lowest BCUT2D eigenvalue weighted by Gasteiger charge is -2.06. The first kappa shape index (κ1) is 16.8. The fraction of sp³-hybridized carbons (Fsp3) is 0.278. The van der Waals surface area contributed by atoms with E-state index < -0.39 is 0 Å². The summed E-state index contributed by atoms with van der Waals surface area (Å²) in [4.78, 5) is 8.70. The maximum Gasteiger partial charge on any atom is 0.336 e. The van der Waals surface area contributed by atoms with E-state index in [9.17, 15) is 5.11 Å². The number of methoxy groups -OCH3 is 1. The molecule has 0 unspecified atom stereocenters. The average molecular weight is 340 g/mol. The summed E-state index contributed by atoms with van der Waals surface area (Å²) in [6.45, 7) is 4.65. The van der Waals surface area contributed by atoms with Gasteiger partial charge in [-0.2, -0.15) is 4.98 Å². The Labute approximate surface area is 145 Å². The molecule has 3 aromatic rings. The smallest absolute Gasteiger partial charge is 0.336 e. The maximum absolute atomic E-state index is 9.51. The van der Waals surface area contributed by atoms with Crippen LogP contribution in [0.3, 0.4) is 0 Å². The Kier molecular flexibility index (Phi) is 4.83. The SMILES string of the molecule is COc1ccc(-n2nc(OCC(C)C)nc2-c2ccc(O)cc2)cn1. The van der Waals surface area contributed by atoms with Gasteiger partial charge < -0.3 is 14.6 Å². The number of phenolic OH excluding ortho intramolecular Hbond substituents is 1. The van der Waals surface area contributed by atoms with Crippen molar-refractivity contribution < 1.29 is 14.6 Å². The van der Waals surface area contributed by atoms with E-state index in [1.54, 1.807) is 48.3 Å². The predicted molar refractivity (Wildman–Crippen MR) is 93.1 cm³/mol. The molecule has 130 valence electrons. The largest absolute Gasteiger partial charge is 0.508 e. The van der Waals surface area contributed by atoms with Gasteiger partial charge in [-0.3, -0.25) is 0 Å². The van der Waals surface area contributed by atoms with Crippen LogP contribution in [-0.4, -0.2) is 38.6 Å². The number of aromatic hydroxyl groups is 1. The van der Waals surface area contributed by atoms with E-state index in [1.807, 2.05) is 6.07 Å². The lowest BCUT2D eigenvalue weighted by Crippen LogP contribution is -2.06. The molecule has 0 radical (unpaired) electrons. The highest BCUT2D eigenvalue weighted by Gasteiger charge is 2.15. The molecule has 2 aromatic heterocycles. The van der Waals surface area contributed by atoms with Crippen molar-refractivity contribution in [3.8, 4) is 34.7 Å². The number of benzene rings is 1. The number of nitrogens with zero attached hydrogens (tertiary/aromatic N) is 4. The molecule has 25 heavy (non-hydrogen) atoms. The van der Waals surface area contributed by atoms with Gasteiger partial charge in [-0.25, -0.2) is 9.67 Å². The maximum atomic E-state index is 9.51. The van der Waals surface area contributed by atoms with Crippen molar-refractivity contribution in [2.24, 2.45) is 5.92 Å². The number of hydrogen-bond donors (Lipinski definition) is 1. The molecule has 0 atom stereocenters. The molecule has 7 nitrogen and oxygen atoms in total. The van der Waals surface area contributed by atoms with E-state index in [-0.39, 0.29) is 5.75 Å². The van der Waals surface area contributed by atoms with Crippen LogP contribution in [0, 0.1) is 5.92 Å². The van der Waals surface area contributed by atoms with Gasteiger partial charge in [0.15, 0.2) is 5.82 Å². The van der Waals surface area contributed by atoms with Gasteiger partial charge in [0.25, 0.3) is 0 Å². The lowest BCUT2D eigenvalue weighted by molar-refractivity contribution is 0.251. The van der Waals surface area contributed by atoms with Crippen molar-refractivity contribution in [1.82, 2.24) is 19.7 Å². The van der Waals surface area contributed by atoms with E-state index in [1.165, 1.54) is 0 Å². The summed E-state index contributed by atoms with van der Waals surface area (Å²) in [5, 5.41) is 14.0. The third kappa shape index (κ3) is 3.88. The standard InChI is InChI=1S/C18H20N4O3/c1-12(2)11-25-18-20-17(13-4-7-15(23)8-5-13)22(21-18)14-6-9-16(24-3)19-10-14/h4-10,12,23H,11H2,1-3H3. The zero-order chi connectivity index (χ0) is 17.8. The van der Waals surface area contributed by atoms with Gasteiger partial charge in [0.05, 0.1) is 25.6 Å². The number of phenols is 1. The molecule has 7 heteroatoms. The van der Waals surface area contributed by atoms with E-state index in [0.29, 0.717) is 30.2 Å². The van der Waals surface area contributed by atoms with Gasteiger partial charge >= 0.3 is 6.01 Å². The minimum Gasteiger partial charge on any atom is -0.508 e. The average Bonchev–Trinajstić information content (AvgIpc) is 3.05. The molecule has 0 fully saturated rings. The number of aromatic nitrogens is 4. The first-order valence-electron chi connectivity index (χ1n) is 7.96. The van der Waals surface area contributed by atoms with Crippen molar-refractivity contribution in [2.45, 2.75) is 13.8 Å². The van der Waals surface area contributed by atoms with Crippen molar-refractivity contribution in [1.29, 1.82) is 0 Å². The molecule has 0 aliphatic rings. The Morgan fingerprint density at radius 3 is 2.48 bits per heavy atom. The highest BCUT2D eigenvalue weighted by Crippen LogP contribution is 2.25. The van der Waals surface area contributed by atoms with Crippen molar-refractivity contribution in [3.05, 3.63) is 42.6 Å². The van der Waals surface area contributed by atoms with Crippen molar-refractivity contribution >= 4 is 0 Å². The molecule has 1 aromatic carbocycles. The fourth-order valence-corrected chi connectivity index (χ4v) is 2.19. The molecule has 0 spiro atoms. The van der Waals surface area contributed by atoms with Crippen LogP contribution in [0.4, 0.5) is 0 Å². The first-order valence-corrected chi connectivity index (χ1v) is 7.96. The van der Waals surface area contributed by atoms with Crippen LogP contribution in [0.25, 0.3) is 17.1 Å². The monoisotopic (exact) mass is 340 g/mol. The Hall–Kier alpha value is -3.09. The van der Waals surface area contributed by atoms with Crippen LogP contribution >= 0.6 is 0 Å². The topological polar surface area (TPSA) is 82.3 Å². The zero-order valence-electron chi connectivity index (χ0n) is 14.4. The van der Waals surface area contributed by atoms with E-state index >= 15 is 0 Å². The summed E-state index contributed by atoms with van der Waals surface area (Å²) >= 11 is 0. The van der Waals surface area contributed by atoms with Crippen LogP contribution < -0.4 is 9.47 Å². The van der Waals surface area contributed by atoms with Crippen LogP contribution in [0.2, 0.25) is 0 Å². The van der Waals surface area contributed by atoms with Gasteiger partial charge in [0.1, 0.15) is 5.75 Å². The van der Waals surface area contributed by atoms with Crippen LogP contribution in [0.1, 0.15) is 13.8 Å². The van der Waals surface area contributed by atoms with Gasteiger partial charge in [0, 0.05) is 11.6 Å². The Morgan fingerprint density at radius 1 is 1.12 bits per heavy atom. The third-order valence-corrected chi connectivity index (χ3v) is 3.43. The van der Waals surface area contributed by atoms with Gasteiger partial charge in [-0.1, -0.05) is 13.8 Å². The molecule has 0 saturated carbocycles. The van der Waals surface area contributed by atoms with Crippen LogP contribution in [0.15, 0.2) is 42.6 Å². The summed E-state index contributed by atoms with van der Waals surface area (Å²) in [6.07, 6.45) is 1.66. The molecule has 1 N–H and O–H groups in total. The molecule has 0 aliphatic heterocycles. The molecule has 0 saturated heterocycles. The van der Waals surface area contributed by atoms with E-state index in [2.05, 4.69) is 28.9 Å². The lowest BCUT2D eigenvalue weighted by atomic mass is 10.2. The second kappa shape index (κ2) is 7.21. The van der Waals surface area contributed by atoms with Gasteiger partial charge in [-0.05, 0) is 36.2 Å². The molecule has 0 amide bonds. The quantitative estimate of drug-likeness (QED) is 0.742. The highest BCUT2D eigenvalue weighted by atomic mass is 16.5. The minimum absolute atomic E-state index is 0.192. The number of rotatable bonds is 6. The van der Waals surface area contributed by atoms with Gasteiger partial charge in [-0.15, -0.1) is 5.10 Å². The second-order valence-corrected chi connectivity index (χ2v) is 5.94. The summed E-state index contributed by atoms with van der Waals surface area (Å²) in [6, 6.07) is 10.7. The predicted octanol–water partition coefficient (Wildman–Crippen LogP) is 3.08. The van der Waals surface area contributed by atoms with Gasteiger partial charge in [0.2, 0.25) is 5.88 Å².